The van der Waals surface area contributed by atoms with Gasteiger partial charge in [-0.1, -0.05) is 69.3 Å². The van der Waals surface area contributed by atoms with Crippen molar-refractivity contribution in [2.24, 2.45) is 5.41 Å². The molecule has 41 heavy (non-hydrogen) atoms. The van der Waals surface area contributed by atoms with Crippen LogP contribution >= 0.6 is 0 Å². The molecule has 1 saturated heterocycles. The molecule has 3 aromatic heterocycles. The monoisotopic (exact) mass is 545 g/mol. The lowest BCUT2D eigenvalue weighted by molar-refractivity contribution is 0.0386. The van der Waals surface area contributed by atoms with Crippen molar-refractivity contribution in [2.45, 2.75) is 45.6 Å². The minimum Gasteiger partial charge on any atom is -0.382 e. The smallest absolute Gasteiger partial charge is 0.150 e. The number of imidazole rings is 1. The number of hydrogen-bond acceptors (Lipinski definition) is 6. The topological polar surface area (TPSA) is 75.6 Å². The molecule has 0 radical (unpaired) electrons. The highest BCUT2D eigenvalue weighted by molar-refractivity contribution is 5.91. The Hall–Kier alpha value is -3.81. The highest BCUT2D eigenvalue weighted by atomic mass is 15.3. The van der Waals surface area contributed by atoms with Crippen LogP contribution in [0.25, 0.3) is 38.9 Å². The number of hydrogen-bond donors (Lipinski definition) is 1. The molecule has 7 heteroatoms. The molecule has 1 aliphatic carbocycles. The van der Waals surface area contributed by atoms with Crippen LogP contribution in [0.4, 0.5) is 5.82 Å². The molecule has 7 rings (SSSR count). The molecule has 0 amide bonds. The third kappa shape index (κ3) is 5.09. The van der Waals surface area contributed by atoms with Gasteiger partial charge in [-0.2, -0.15) is 0 Å². The number of benzene rings is 2. The number of piperazine rings is 1. The molecule has 210 valence electrons. The second kappa shape index (κ2) is 10.2. The fraction of sp³-hybridized carbons (Fsp3) is 0.382. The van der Waals surface area contributed by atoms with E-state index < -0.39 is 0 Å². The zero-order valence-electron chi connectivity index (χ0n) is 24.3. The van der Waals surface area contributed by atoms with Crippen LogP contribution in [-0.2, 0) is 0 Å². The second-order valence-corrected chi connectivity index (χ2v) is 13.0. The SMILES string of the molecule is CC(C)(C)CN1CCN(C2CC(c3nc(-c4ccc5ccc(-c6ccccc6)nc5c4)c4c(N)nccn34)C2)CC1. The zero-order chi connectivity index (χ0) is 28.1. The van der Waals surface area contributed by atoms with Crippen LogP contribution in [0.5, 0.6) is 0 Å². The Labute approximate surface area is 242 Å². The zero-order valence-corrected chi connectivity index (χ0v) is 24.3. The van der Waals surface area contributed by atoms with E-state index in [9.17, 15) is 0 Å². The number of nitrogens with zero attached hydrogens (tertiary/aromatic N) is 6. The Morgan fingerprint density at radius 2 is 1.63 bits per heavy atom. The van der Waals surface area contributed by atoms with Gasteiger partial charge in [0, 0.05) is 73.6 Å². The molecule has 2 aliphatic rings. The molecule has 2 N–H and O–H groups in total. The average Bonchev–Trinajstić information content (AvgIpc) is 3.33. The van der Waals surface area contributed by atoms with Gasteiger partial charge in [0.2, 0.25) is 0 Å². The molecule has 1 aliphatic heterocycles. The maximum Gasteiger partial charge on any atom is 0.150 e. The van der Waals surface area contributed by atoms with E-state index >= 15 is 0 Å². The van der Waals surface area contributed by atoms with E-state index in [1.165, 1.54) is 19.6 Å². The lowest BCUT2D eigenvalue weighted by Crippen LogP contribution is -2.54. The maximum atomic E-state index is 6.48. The Morgan fingerprint density at radius 1 is 0.878 bits per heavy atom. The van der Waals surface area contributed by atoms with E-state index in [0.717, 1.165) is 70.7 Å². The van der Waals surface area contributed by atoms with Crippen molar-refractivity contribution in [2.75, 3.05) is 38.5 Å². The molecule has 0 atom stereocenters. The summed E-state index contributed by atoms with van der Waals surface area (Å²) in [5, 5.41) is 1.10. The standard InChI is InChI=1S/C34H39N7/c1-34(2,3)22-39-15-17-40(18-16-39)27-19-26(20-27)33-38-30(31-32(35)36-13-14-41(31)33)25-10-9-24-11-12-28(37-29(24)21-25)23-7-5-4-6-8-23/h4-14,21,26-27H,15-20,22H2,1-3H3,(H2,35,36). The van der Waals surface area contributed by atoms with Crippen molar-refractivity contribution in [1.29, 1.82) is 0 Å². The number of rotatable bonds is 5. The van der Waals surface area contributed by atoms with E-state index in [1.807, 2.05) is 24.4 Å². The van der Waals surface area contributed by atoms with Crippen molar-refractivity contribution in [3.05, 3.63) is 78.9 Å². The summed E-state index contributed by atoms with van der Waals surface area (Å²) >= 11 is 0. The van der Waals surface area contributed by atoms with Gasteiger partial charge in [-0.15, -0.1) is 0 Å². The van der Waals surface area contributed by atoms with Gasteiger partial charge in [0.25, 0.3) is 0 Å². The Kier molecular flexibility index (Phi) is 6.51. The highest BCUT2D eigenvalue weighted by Gasteiger charge is 2.38. The number of nitrogens with two attached hydrogens (primary N) is 1. The number of nitrogen functional groups attached to an aromatic ring is 1. The first-order valence-corrected chi connectivity index (χ1v) is 14.9. The van der Waals surface area contributed by atoms with Gasteiger partial charge in [-0.3, -0.25) is 9.30 Å². The van der Waals surface area contributed by atoms with Crippen LogP contribution in [0.2, 0.25) is 0 Å². The lowest BCUT2D eigenvalue weighted by atomic mass is 9.78. The normalized spacial score (nSPS) is 20.5. The first-order chi connectivity index (χ1) is 19.8. The van der Waals surface area contributed by atoms with Crippen LogP contribution < -0.4 is 5.73 Å². The van der Waals surface area contributed by atoms with E-state index in [0.29, 0.717) is 23.2 Å². The number of pyridine rings is 1. The van der Waals surface area contributed by atoms with Gasteiger partial charge in [0.05, 0.1) is 11.2 Å². The average molecular weight is 546 g/mol. The van der Waals surface area contributed by atoms with Crippen LogP contribution in [0.15, 0.2) is 73.1 Å². The third-order valence-corrected chi connectivity index (χ3v) is 8.75. The predicted octanol–water partition coefficient (Wildman–Crippen LogP) is 6.10. The van der Waals surface area contributed by atoms with Gasteiger partial charge in [-0.05, 0) is 30.4 Å². The molecule has 0 spiro atoms. The number of anilines is 1. The molecular weight excluding hydrogens is 506 g/mol. The van der Waals surface area contributed by atoms with Crippen molar-refractivity contribution in [3.8, 4) is 22.5 Å². The van der Waals surface area contributed by atoms with Gasteiger partial charge in [0.1, 0.15) is 22.9 Å². The molecule has 7 nitrogen and oxygen atoms in total. The fourth-order valence-corrected chi connectivity index (χ4v) is 6.66. The summed E-state index contributed by atoms with van der Waals surface area (Å²) < 4.78 is 2.18. The fourth-order valence-electron chi connectivity index (χ4n) is 6.66. The summed E-state index contributed by atoms with van der Waals surface area (Å²) in [4.78, 5) is 20.0. The van der Waals surface area contributed by atoms with Crippen molar-refractivity contribution < 1.29 is 0 Å². The first kappa shape index (κ1) is 26.1. The summed E-state index contributed by atoms with van der Waals surface area (Å²) in [5.74, 6) is 2.02. The Bertz CT molecular complexity index is 1690. The minimum absolute atomic E-state index is 0.352. The van der Waals surface area contributed by atoms with Gasteiger partial charge in [0.15, 0.2) is 0 Å². The Balaban J connectivity index is 1.15. The van der Waals surface area contributed by atoms with E-state index in [-0.39, 0.29) is 0 Å². The molecule has 4 heterocycles. The molecule has 1 saturated carbocycles. The molecule has 2 fully saturated rings. The van der Waals surface area contributed by atoms with Crippen LogP contribution in [-0.4, -0.2) is 67.9 Å². The number of fused-ring (bicyclic) bond motifs is 2. The summed E-state index contributed by atoms with van der Waals surface area (Å²) in [6.07, 6.45) is 6.08. The van der Waals surface area contributed by atoms with Crippen LogP contribution in [0.3, 0.4) is 0 Å². The van der Waals surface area contributed by atoms with E-state index in [2.05, 4.69) is 82.4 Å². The van der Waals surface area contributed by atoms with Gasteiger partial charge < -0.3 is 10.6 Å². The summed E-state index contributed by atoms with van der Waals surface area (Å²) in [5.41, 5.74) is 12.6. The molecule has 0 unspecified atom stereocenters. The molecular formula is C34H39N7. The lowest BCUT2D eigenvalue weighted by Gasteiger charge is -2.46. The Morgan fingerprint density at radius 3 is 2.39 bits per heavy atom. The van der Waals surface area contributed by atoms with E-state index in [4.69, 9.17) is 15.7 Å². The van der Waals surface area contributed by atoms with Crippen molar-refractivity contribution >= 4 is 22.2 Å². The summed E-state index contributed by atoms with van der Waals surface area (Å²) in [6.45, 7) is 12.8. The largest absolute Gasteiger partial charge is 0.382 e. The predicted molar refractivity (Wildman–Crippen MR) is 167 cm³/mol. The molecule has 2 aromatic carbocycles. The second-order valence-electron chi connectivity index (χ2n) is 13.0. The highest BCUT2D eigenvalue weighted by Crippen LogP contribution is 2.42. The molecule has 0 bridgehead atoms. The van der Waals surface area contributed by atoms with Crippen molar-refractivity contribution in [3.63, 3.8) is 0 Å². The first-order valence-electron chi connectivity index (χ1n) is 14.9. The van der Waals surface area contributed by atoms with Crippen LogP contribution in [0.1, 0.15) is 45.4 Å². The third-order valence-electron chi connectivity index (χ3n) is 8.75. The molecule has 5 aromatic rings. The minimum atomic E-state index is 0.352. The van der Waals surface area contributed by atoms with Crippen LogP contribution in [0, 0.1) is 5.41 Å². The number of aromatic nitrogens is 4. The summed E-state index contributed by atoms with van der Waals surface area (Å²) in [7, 11) is 0. The quantitative estimate of drug-likeness (QED) is 0.288. The summed E-state index contributed by atoms with van der Waals surface area (Å²) in [6, 6.07) is 21.6. The van der Waals surface area contributed by atoms with Gasteiger partial charge in [-0.25, -0.2) is 15.0 Å². The maximum absolute atomic E-state index is 6.48. The van der Waals surface area contributed by atoms with E-state index in [1.54, 1.807) is 6.20 Å². The van der Waals surface area contributed by atoms with Gasteiger partial charge >= 0.3 is 0 Å². The van der Waals surface area contributed by atoms with Crippen molar-refractivity contribution in [1.82, 2.24) is 29.2 Å².